The molecule has 6 atom stereocenters. The van der Waals surface area contributed by atoms with E-state index < -0.39 is 29.6 Å². The molecule has 1 aromatic rings. The smallest absolute Gasteiger partial charge is 0.248 e. The Balaban J connectivity index is 1.73. The predicted molar refractivity (Wildman–Crippen MR) is 142 cm³/mol. The Morgan fingerprint density at radius 2 is 1.92 bits per heavy atom. The third-order valence-electron chi connectivity index (χ3n) is 8.15. The lowest BCUT2D eigenvalue weighted by molar-refractivity contribution is -0.149. The van der Waals surface area contributed by atoms with Gasteiger partial charge in [0.1, 0.15) is 11.6 Å². The van der Waals surface area contributed by atoms with Crippen LogP contribution in [0.3, 0.4) is 0 Å². The van der Waals surface area contributed by atoms with Crippen molar-refractivity contribution in [3.8, 4) is 0 Å². The van der Waals surface area contributed by atoms with E-state index in [-0.39, 0.29) is 36.9 Å². The van der Waals surface area contributed by atoms with Gasteiger partial charge in [-0.2, -0.15) is 0 Å². The second kappa shape index (κ2) is 11.2. The van der Waals surface area contributed by atoms with E-state index in [4.69, 9.17) is 4.74 Å². The number of nitrogens with zero attached hydrogens (tertiary/aromatic N) is 3. The number of amides is 3. The van der Waals surface area contributed by atoms with Crippen LogP contribution < -0.4 is 4.90 Å². The molecule has 8 nitrogen and oxygen atoms in total. The molecule has 3 fully saturated rings. The average Bonchev–Trinajstić information content (AvgIpc) is 3.53. The molecular weight excluding hydrogens is 470 g/mol. The SMILES string of the molecule is C=CCN(C(=O)[C@@H]1[C@H]2C(=O)N(CCO)C(C(=O)N(CC=C)C(C)CCC)C23CC[C@H]1O3)c1ccccc1. The lowest BCUT2D eigenvalue weighted by Gasteiger charge is -2.38. The van der Waals surface area contributed by atoms with Crippen LogP contribution in [0.2, 0.25) is 0 Å². The Kier molecular flexibility index (Phi) is 8.19. The van der Waals surface area contributed by atoms with Gasteiger partial charge < -0.3 is 24.5 Å². The summed E-state index contributed by atoms with van der Waals surface area (Å²) in [5.41, 5.74) is -0.365. The molecule has 3 aliphatic rings. The summed E-state index contributed by atoms with van der Waals surface area (Å²) in [6.45, 7) is 12.1. The maximum atomic E-state index is 14.2. The number of aliphatic hydroxyl groups is 1. The minimum absolute atomic E-state index is 0.0154. The molecule has 3 amide bonds. The fourth-order valence-electron chi connectivity index (χ4n) is 6.66. The van der Waals surface area contributed by atoms with Crippen LogP contribution in [0.15, 0.2) is 55.6 Å². The van der Waals surface area contributed by atoms with Crippen LogP contribution in [0, 0.1) is 11.8 Å². The van der Waals surface area contributed by atoms with Crippen LogP contribution in [0.25, 0.3) is 0 Å². The molecule has 1 spiro atoms. The zero-order valence-corrected chi connectivity index (χ0v) is 21.9. The number of rotatable bonds is 12. The highest BCUT2D eigenvalue weighted by Crippen LogP contribution is 2.59. The molecule has 0 radical (unpaired) electrons. The van der Waals surface area contributed by atoms with Crippen LogP contribution in [-0.2, 0) is 19.1 Å². The third-order valence-corrected chi connectivity index (χ3v) is 8.15. The van der Waals surface area contributed by atoms with E-state index in [0.29, 0.717) is 25.9 Å². The van der Waals surface area contributed by atoms with Gasteiger partial charge in [-0.25, -0.2) is 0 Å². The minimum atomic E-state index is -1.09. The van der Waals surface area contributed by atoms with Gasteiger partial charge >= 0.3 is 0 Å². The molecule has 0 aliphatic carbocycles. The quantitative estimate of drug-likeness (QED) is 0.438. The van der Waals surface area contributed by atoms with Crippen molar-refractivity contribution in [1.82, 2.24) is 9.80 Å². The van der Waals surface area contributed by atoms with Crippen LogP contribution in [0.4, 0.5) is 5.69 Å². The number of carbonyl (C=O) groups is 3. The van der Waals surface area contributed by atoms with Gasteiger partial charge in [0.15, 0.2) is 0 Å². The molecule has 3 unspecified atom stereocenters. The lowest BCUT2D eigenvalue weighted by Crippen LogP contribution is -2.58. The summed E-state index contributed by atoms with van der Waals surface area (Å²) in [6.07, 6.45) is 5.76. The van der Waals surface area contributed by atoms with Gasteiger partial charge in [-0.3, -0.25) is 14.4 Å². The topological polar surface area (TPSA) is 90.4 Å². The summed E-state index contributed by atoms with van der Waals surface area (Å²) >= 11 is 0. The third kappa shape index (κ3) is 4.50. The van der Waals surface area contributed by atoms with Gasteiger partial charge in [0.05, 0.1) is 24.5 Å². The minimum Gasteiger partial charge on any atom is -0.395 e. The van der Waals surface area contributed by atoms with Gasteiger partial charge in [-0.05, 0) is 38.3 Å². The van der Waals surface area contributed by atoms with E-state index in [1.165, 1.54) is 4.90 Å². The van der Waals surface area contributed by atoms with Crippen molar-refractivity contribution in [1.29, 1.82) is 0 Å². The van der Waals surface area contributed by atoms with Gasteiger partial charge in [0, 0.05) is 31.4 Å². The molecule has 1 aromatic carbocycles. The Morgan fingerprint density at radius 1 is 1.22 bits per heavy atom. The first-order valence-corrected chi connectivity index (χ1v) is 13.3. The number of ether oxygens (including phenoxy) is 1. The van der Waals surface area contributed by atoms with E-state index >= 15 is 0 Å². The summed E-state index contributed by atoms with van der Waals surface area (Å²) in [6, 6.07) is 8.39. The first-order valence-electron chi connectivity index (χ1n) is 13.3. The first-order chi connectivity index (χ1) is 17.9. The molecule has 3 aliphatic heterocycles. The molecule has 2 bridgehead atoms. The number of benzene rings is 1. The summed E-state index contributed by atoms with van der Waals surface area (Å²) in [4.78, 5) is 47.0. The Morgan fingerprint density at radius 3 is 2.54 bits per heavy atom. The molecule has 200 valence electrons. The number of hydrogen-bond acceptors (Lipinski definition) is 5. The maximum absolute atomic E-state index is 14.2. The number of hydrogen-bond donors (Lipinski definition) is 1. The highest BCUT2D eigenvalue weighted by molar-refractivity contribution is 6.03. The first kappa shape index (κ1) is 27.1. The summed E-state index contributed by atoms with van der Waals surface area (Å²) in [5, 5.41) is 9.83. The van der Waals surface area contributed by atoms with Crippen LogP contribution >= 0.6 is 0 Å². The molecule has 4 rings (SSSR count). The number of carbonyl (C=O) groups excluding carboxylic acids is 3. The van der Waals surface area contributed by atoms with Gasteiger partial charge in [-0.15, -0.1) is 13.2 Å². The van der Waals surface area contributed by atoms with Crippen LogP contribution in [0.1, 0.15) is 39.5 Å². The van der Waals surface area contributed by atoms with Gasteiger partial charge in [0.25, 0.3) is 0 Å². The molecule has 0 saturated carbocycles. The van der Waals surface area contributed by atoms with Crippen LogP contribution in [-0.4, -0.2) is 82.7 Å². The fourth-order valence-corrected chi connectivity index (χ4v) is 6.66. The number of anilines is 1. The number of β-amino-alcohol motifs (C(OH)–C–C–N with tert-alkyl or cyclic N) is 1. The van der Waals surface area contributed by atoms with Crippen molar-refractivity contribution < 1.29 is 24.2 Å². The number of likely N-dealkylation sites (tertiary alicyclic amines) is 1. The van der Waals surface area contributed by atoms with Crippen molar-refractivity contribution >= 4 is 23.4 Å². The molecule has 1 N–H and O–H groups in total. The standard InChI is InChI=1S/C29H39N3O5/c1-5-11-20(4)30(16-6-2)28(36)25-29-15-14-22(37-29)23(24(29)27(35)32(25)18-19-33)26(34)31(17-7-3)21-12-9-8-10-13-21/h6-10,12-13,20,22-25,33H,2-3,5,11,14-19H2,1,4H3/t20?,22-,23+,24+,25?,29?/m1/s1. The predicted octanol–water partition coefficient (Wildman–Crippen LogP) is 2.78. The van der Waals surface area contributed by atoms with Crippen LogP contribution in [0.5, 0.6) is 0 Å². The zero-order valence-electron chi connectivity index (χ0n) is 21.9. The molecule has 37 heavy (non-hydrogen) atoms. The lowest BCUT2D eigenvalue weighted by atomic mass is 9.70. The molecule has 8 heteroatoms. The maximum Gasteiger partial charge on any atom is 0.248 e. The van der Waals surface area contributed by atoms with E-state index in [0.717, 1.165) is 18.5 Å². The molecular formula is C29H39N3O5. The van der Waals surface area contributed by atoms with Crippen molar-refractivity contribution in [2.24, 2.45) is 11.8 Å². The summed E-state index contributed by atoms with van der Waals surface area (Å²) < 4.78 is 6.54. The van der Waals surface area contributed by atoms with Crippen molar-refractivity contribution in [3.05, 3.63) is 55.6 Å². The number of fused-ring (bicyclic) bond motifs is 1. The normalized spacial score (nSPS) is 28.6. The largest absolute Gasteiger partial charge is 0.395 e. The Hall–Kier alpha value is -2.97. The molecule has 3 saturated heterocycles. The van der Waals surface area contributed by atoms with E-state index in [2.05, 4.69) is 20.1 Å². The van der Waals surface area contributed by atoms with Crippen molar-refractivity contribution in [3.63, 3.8) is 0 Å². The highest BCUT2D eigenvalue weighted by atomic mass is 16.5. The van der Waals surface area contributed by atoms with E-state index in [1.807, 2.05) is 37.3 Å². The number of aliphatic hydroxyl groups excluding tert-OH is 1. The van der Waals surface area contributed by atoms with E-state index in [1.54, 1.807) is 22.0 Å². The Labute approximate surface area is 219 Å². The summed E-state index contributed by atoms with van der Waals surface area (Å²) in [5.74, 6) is -2.18. The zero-order chi connectivity index (χ0) is 26.7. The molecule has 3 heterocycles. The fraction of sp³-hybridized carbons (Fsp3) is 0.552. The van der Waals surface area contributed by atoms with Crippen molar-refractivity contribution in [2.45, 2.75) is 63.3 Å². The monoisotopic (exact) mass is 509 g/mol. The highest BCUT2D eigenvalue weighted by Gasteiger charge is 2.75. The number of para-hydroxylation sites is 1. The van der Waals surface area contributed by atoms with Gasteiger partial charge in [0.2, 0.25) is 17.7 Å². The molecule has 0 aromatic heterocycles. The second-order valence-electron chi connectivity index (χ2n) is 10.3. The Bertz CT molecular complexity index is 1030. The van der Waals surface area contributed by atoms with E-state index in [9.17, 15) is 19.5 Å². The average molecular weight is 510 g/mol. The van der Waals surface area contributed by atoms with Gasteiger partial charge in [-0.1, -0.05) is 43.7 Å². The summed E-state index contributed by atoms with van der Waals surface area (Å²) in [7, 11) is 0. The second-order valence-corrected chi connectivity index (χ2v) is 10.3. The van der Waals surface area contributed by atoms with Crippen molar-refractivity contribution in [2.75, 3.05) is 31.1 Å².